The number of fused-ring (bicyclic) bond motifs is 1. The Morgan fingerprint density at radius 2 is 1.80 bits per heavy atom. The molecule has 1 heteroatoms. The average Bonchev–Trinajstić information content (AvgIpc) is 2.28. The molecule has 0 saturated heterocycles. The highest BCUT2D eigenvalue weighted by Crippen LogP contribution is 2.27. The first-order valence-electron chi connectivity index (χ1n) is 5.72. The Balaban J connectivity index is 2.40. The van der Waals surface area contributed by atoms with Gasteiger partial charge in [0.2, 0.25) is 0 Å². The standard InChI is InChI=1S/C14H18O/c1-14(2,10-15)13-8-7-11-5-3-4-6-12(11)9-13/h7-10H,3-6H2,1-2H3. The quantitative estimate of drug-likeness (QED) is 0.674. The second kappa shape index (κ2) is 3.80. The van der Waals surface area contributed by atoms with Crippen LogP contribution >= 0.6 is 0 Å². The summed E-state index contributed by atoms with van der Waals surface area (Å²) in [6.07, 6.45) is 6.02. The third-order valence-corrected chi connectivity index (χ3v) is 3.39. The third-order valence-electron chi connectivity index (χ3n) is 3.39. The van der Waals surface area contributed by atoms with E-state index in [2.05, 4.69) is 18.2 Å². The summed E-state index contributed by atoms with van der Waals surface area (Å²) in [6.45, 7) is 3.95. The molecule has 0 heterocycles. The van der Waals surface area contributed by atoms with Crippen molar-refractivity contribution in [2.24, 2.45) is 0 Å². The van der Waals surface area contributed by atoms with E-state index in [9.17, 15) is 4.79 Å². The molecule has 0 atom stereocenters. The van der Waals surface area contributed by atoms with Crippen molar-refractivity contribution in [1.29, 1.82) is 0 Å². The van der Waals surface area contributed by atoms with E-state index in [4.69, 9.17) is 0 Å². The minimum atomic E-state index is -0.341. The first kappa shape index (κ1) is 10.4. The molecule has 1 aliphatic rings. The lowest BCUT2D eigenvalue weighted by Crippen LogP contribution is -2.19. The van der Waals surface area contributed by atoms with Crippen molar-refractivity contribution in [2.45, 2.75) is 44.9 Å². The molecule has 0 saturated carbocycles. The predicted molar refractivity (Wildman–Crippen MR) is 62.2 cm³/mol. The molecular weight excluding hydrogens is 184 g/mol. The van der Waals surface area contributed by atoms with E-state index in [1.165, 1.54) is 36.8 Å². The molecule has 1 aromatic rings. The van der Waals surface area contributed by atoms with Crippen molar-refractivity contribution in [1.82, 2.24) is 0 Å². The number of carbonyl (C=O) groups excluding carboxylic acids is 1. The van der Waals surface area contributed by atoms with Crippen molar-refractivity contribution >= 4 is 6.29 Å². The zero-order chi connectivity index (χ0) is 10.9. The largest absolute Gasteiger partial charge is 0.302 e. The molecule has 0 fully saturated rings. The number of carbonyl (C=O) groups is 1. The molecule has 0 unspecified atom stereocenters. The van der Waals surface area contributed by atoms with Gasteiger partial charge in [-0.05, 0) is 56.2 Å². The van der Waals surface area contributed by atoms with Crippen LogP contribution in [0.4, 0.5) is 0 Å². The maximum absolute atomic E-state index is 11.0. The molecule has 1 nitrogen and oxygen atoms in total. The van der Waals surface area contributed by atoms with E-state index in [0.717, 1.165) is 11.8 Å². The zero-order valence-corrected chi connectivity index (χ0v) is 9.55. The van der Waals surface area contributed by atoms with Crippen LogP contribution in [0.5, 0.6) is 0 Å². The van der Waals surface area contributed by atoms with Crippen LogP contribution in [-0.4, -0.2) is 6.29 Å². The Kier molecular flexibility index (Phi) is 2.64. The number of rotatable bonds is 2. The molecule has 2 rings (SSSR count). The van der Waals surface area contributed by atoms with Crippen LogP contribution < -0.4 is 0 Å². The summed E-state index contributed by atoms with van der Waals surface area (Å²) < 4.78 is 0. The van der Waals surface area contributed by atoms with Gasteiger partial charge >= 0.3 is 0 Å². The molecule has 0 aliphatic heterocycles. The van der Waals surface area contributed by atoms with Gasteiger partial charge < -0.3 is 4.79 Å². The van der Waals surface area contributed by atoms with Crippen LogP contribution in [0.15, 0.2) is 18.2 Å². The van der Waals surface area contributed by atoms with E-state index in [0.29, 0.717) is 0 Å². The highest BCUT2D eigenvalue weighted by Gasteiger charge is 2.21. The van der Waals surface area contributed by atoms with Crippen LogP contribution in [-0.2, 0) is 23.1 Å². The fourth-order valence-electron chi connectivity index (χ4n) is 2.20. The molecule has 1 aromatic carbocycles. The maximum atomic E-state index is 11.0. The summed E-state index contributed by atoms with van der Waals surface area (Å²) in [4.78, 5) is 11.0. The molecule has 0 spiro atoms. The van der Waals surface area contributed by atoms with Crippen molar-refractivity contribution < 1.29 is 4.79 Å². The lowest BCUT2D eigenvalue weighted by atomic mass is 9.82. The summed E-state index contributed by atoms with van der Waals surface area (Å²) in [6, 6.07) is 6.54. The summed E-state index contributed by atoms with van der Waals surface area (Å²) in [5, 5.41) is 0. The van der Waals surface area contributed by atoms with Crippen LogP contribution in [0.2, 0.25) is 0 Å². The highest BCUT2D eigenvalue weighted by molar-refractivity contribution is 5.67. The molecule has 15 heavy (non-hydrogen) atoms. The molecule has 0 N–H and O–H groups in total. The van der Waals surface area contributed by atoms with Gasteiger partial charge in [-0.25, -0.2) is 0 Å². The summed E-state index contributed by atoms with van der Waals surface area (Å²) >= 11 is 0. The molecule has 1 aliphatic carbocycles. The Hall–Kier alpha value is -1.11. The number of hydrogen-bond acceptors (Lipinski definition) is 1. The predicted octanol–water partition coefficient (Wildman–Crippen LogP) is 3.04. The molecule has 0 radical (unpaired) electrons. The Morgan fingerprint density at radius 1 is 1.13 bits per heavy atom. The van der Waals surface area contributed by atoms with Gasteiger partial charge in [-0.3, -0.25) is 0 Å². The van der Waals surface area contributed by atoms with Gasteiger partial charge in [0.25, 0.3) is 0 Å². The first-order chi connectivity index (χ1) is 7.13. The molecule has 0 amide bonds. The zero-order valence-electron chi connectivity index (χ0n) is 9.55. The second-order valence-corrected chi connectivity index (χ2v) is 5.03. The maximum Gasteiger partial charge on any atom is 0.129 e. The fourth-order valence-corrected chi connectivity index (χ4v) is 2.20. The molecule has 0 bridgehead atoms. The number of aryl methyl sites for hydroxylation is 2. The van der Waals surface area contributed by atoms with Crippen molar-refractivity contribution in [3.05, 3.63) is 34.9 Å². The van der Waals surface area contributed by atoms with Gasteiger partial charge in [0.1, 0.15) is 6.29 Å². The highest BCUT2D eigenvalue weighted by atomic mass is 16.1. The number of aldehydes is 1. The smallest absolute Gasteiger partial charge is 0.129 e. The van der Waals surface area contributed by atoms with E-state index >= 15 is 0 Å². The van der Waals surface area contributed by atoms with Crippen LogP contribution in [0.25, 0.3) is 0 Å². The third kappa shape index (κ3) is 1.97. The Morgan fingerprint density at radius 3 is 2.47 bits per heavy atom. The van der Waals surface area contributed by atoms with Crippen LogP contribution in [0, 0.1) is 0 Å². The number of benzene rings is 1. The van der Waals surface area contributed by atoms with Gasteiger partial charge in [-0.2, -0.15) is 0 Å². The summed E-state index contributed by atoms with van der Waals surface area (Å²) in [7, 11) is 0. The SMILES string of the molecule is CC(C)(C=O)c1ccc2c(c1)CCCC2. The molecular formula is C14H18O. The van der Waals surface area contributed by atoms with Gasteiger partial charge in [-0.15, -0.1) is 0 Å². The van der Waals surface area contributed by atoms with Gasteiger partial charge in [-0.1, -0.05) is 18.2 Å². The minimum absolute atomic E-state index is 0.341. The second-order valence-electron chi connectivity index (χ2n) is 5.03. The molecule has 80 valence electrons. The number of hydrogen-bond donors (Lipinski definition) is 0. The fraction of sp³-hybridized carbons (Fsp3) is 0.500. The normalized spacial score (nSPS) is 15.9. The van der Waals surface area contributed by atoms with Crippen molar-refractivity contribution in [3.63, 3.8) is 0 Å². The van der Waals surface area contributed by atoms with Crippen LogP contribution in [0.3, 0.4) is 0 Å². The van der Waals surface area contributed by atoms with Crippen molar-refractivity contribution in [2.75, 3.05) is 0 Å². The Bertz CT molecular complexity index is 377. The van der Waals surface area contributed by atoms with E-state index in [-0.39, 0.29) is 5.41 Å². The summed E-state index contributed by atoms with van der Waals surface area (Å²) in [5.74, 6) is 0. The minimum Gasteiger partial charge on any atom is -0.302 e. The monoisotopic (exact) mass is 202 g/mol. The summed E-state index contributed by atoms with van der Waals surface area (Å²) in [5.41, 5.74) is 3.74. The topological polar surface area (TPSA) is 17.1 Å². The van der Waals surface area contributed by atoms with E-state index in [1.54, 1.807) is 0 Å². The lowest BCUT2D eigenvalue weighted by molar-refractivity contribution is -0.111. The van der Waals surface area contributed by atoms with Gasteiger partial charge in [0, 0.05) is 5.41 Å². The van der Waals surface area contributed by atoms with Crippen LogP contribution in [0.1, 0.15) is 43.4 Å². The van der Waals surface area contributed by atoms with Gasteiger partial charge in [0.05, 0.1) is 0 Å². The van der Waals surface area contributed by atoms with Crippen molar-refractivity contribution in [3.8, 4) is 0 Å². The van der Waals surface area contributed by atoms with Gasteiger partial charge in [0.15, 0.2) is 0 Å². The first-order valence-corrected chi connectivity index (χ1v) is 5.72. The molecule has 0 aromatic heterocycles. The Labute approximate surface area is 91.5 Å². The van der Waals surface area contributed by atoms with E-state index < -0.39 is 0 Å². The lowest BCUT2D eigenvalue weighted by Gasteiger charge is -2.22. The van der Waals surface area contributed by atoms with E-state index in [1.807, 2.05) is 13.8 Å². The average molecular weight is 202 g/mol.